The van der Waals surface area contributed by atoms with E-state index in [4.69, 9.17) is 29.3 Å². The number of para-hydroxylation sites is 1. The van der Waals surface area contributed by atoms with Crippen LogP contribution in [0.3, 0.4) is 0 Å². The quantitative estimate of drug-likeness (QED) is 0.174. The van der Waals surface area contributed by atoms with E-state index in [2.05, 4.69) is 109 Å². The molecule has 0 aliphatic rings. The molecular formula is C49H27N5OS2. The van der Waals surface area contributed by atoms with Gasteiger partial charge in [-0.1, -0.05) is 115 Å². The van der Waals surface area contributed by atoms with Gasteiger partial charge in [-0.3, -0.25) is 0 Å². The third kappa shape index (κ3) is 5.19. The van der Waals surface area contributed by atoms with E-state index in [1.807, 2.05) is 54.6 Å². The molecule has 0 fully saturated rings. The average Bonchev–Trinajstić information content (AvgIpc) is 3.98. The van der Waals surface area contributed by atoms with Gasteiger partial charge in [-0.15, -0.1) is 22.7 Å². The largest absolute Gasteiger partial charge is 0.452 e. The number of furan rings is 1. The average molecular weight is 766 g/mol. The van der Waals surface area contributed by atoms with Crippen LogP contribution >= 0.6 is 22.7 Å². The Balaban J connectivity index is 1.08. The molecule has 5 heterocycles. The van der Waals surface area contributed by atoms with Crippen molar-refractivity contribution in [3.8, 4) is 56.8 Å². The zero-order valence-electron chi connectivity index (χ0n) is 30.0. The van der Waals surface area contributed by atoms with Crippen LogP contribution in [0.1, 0.15) is 0 Å². The molecular weight excluding hydrogens is 739 g/mol. The summed E-state index contributed by atoms with van der Waals surface area (Å²) in [4.78, 5) is 26.0. The molecule has 0 radical (unpaired) electrons. The summed E-state index contributed by atoms with van der Waals surface area (Å²) in [5, 5.41) is 5.60. The molecule has 0 spiro atoms. The van der Waals surface area contributed by atoms with Crippen molar-refractivity contribution < 1.29 is 4.42 Å². The van der Waals surface area contributed by atoms with Crippen LogP contribution < -0.4 is 0 Å². The molecule has 0 N–H and O–H groups in total. The van der Waals surface area contributed by atoms with E-state index in [1.165, 1.54) is 15.5 Å². The Kier molecular flexibility index (Phi) is 7.17. The van der Waals surface area contributed by atoms with Gasteiger partial charge in [-0.25, -0.2) is 24.9 Å². The molecule has 0 saturated carbocycles. The first kappa shape index (κ1) is 32.1. The lowest BCUT2D eigenvalue weighted by atomic mass is 10.0. The number of fused-ring (bicyclic) bond motifs is 9. The van der Waals surface area contributed by atoms with E-state index < -0.39 is 0 Å². The number of benzene rings is 7. The molecule has 12 aromatic rings. The van der Waals surface area contributed by atoms with Crippen molar-refractivity contribution in [1.29, 1.82) is 0 Å². The monoisotopic (exact) mass is 765 g/mol. The van der Waals surface area contributed by atoms with Gasteiger partial charge in [0, 0.05) is 73.5 Å². The Hall–Kier alpha value is -7.13. The lowest BCUT2D eigenvalue weighted by molar-refractivity contribution is 0.667. The second-order valence-corrected chi connectivity index (χ2v) is 16.1. The smallest absolute Gasteiger partial charge is 0.180 e. The van der Waals surface area contributed by atoms with Crippen LogP contribution in [-0.2, 0) is 0 Å². The molecule has 0 atom stereocenters. The van der Waals surface area contributed by atoms with Gasteiger partial charge in [0.1, 0.15) is 16.8 Å². The summed E-state index contributed by atoms with van der Waals surface area (Å²) in [6.07, 6.45) is 0. The predicted octanol–water partition coefficient (Wildman–Crippen LogP) is 13.6. The first-order valence-corrected chi connectivity index (χ1v) is 20.3. The van der Waals surface area contributed by atoms with E-state index in [1.54, 1.807) is 22.7 Å². The van der Waals surface area contributed by atoms with Gasteiger partial charge in [0.15, 0.2) is 28.9 Å². The highest BCUT2D eigenvalue weighted by molar-refractivity contribution is 7.26. The minimum absolute atomic E-state index is 0.615. The van der Waals surface area contributed by atoms with Crippen molar-refractivity contribution >= 4 is 85.1 Å². The normalized spacial score (nSPS) is 11.9. The Morgan fingerprint density at radius 3 is 1.88 bits per heavy atom. The molecule has 6 nitrogen and oxygen atoms in total. The summed E-state index contributed by atoms with van der Waals surface area (Å²) < 4.78 is 11.1. The molecule has 5 aromatic heterocycles. The van der Waals surface area contributed by atoms with E-state index >= 15 is 0 Å². The highest BCUT2D eigenvalue weighted by Crippen LogP contribution is 2.44. The van der Waals surface area contributed by atoms with Gasteiger partial charge in [-0.05, 0) is 48.5 Å². The van der Waals surface area contributed by atoms with Crippen LogP contribution in [0.2, 0.25) is 0 Å². The van der Waals surface area contributed by atoms with Crippen molar-refractivity contribution in [2.45, 2.75) is 0 Å². The molecule has 7 aromatic carbocycles. The van der Waals surface area contributed by atoms with Crippen LogP contribution in [0.15, 0.2) is 168 Å². The maximum Gasteiger partial charge on any atom is 0.180 e. The lowest BCUT2D eigenvalue weighted by Gasteiger charge is -2.10. The van der Waals surface area contributed by atoms with E-state index in [-0.39, 0.29) is 0 Å². The highest BCUT2D eigenvalue weighted by atomic mass is 32.1. The molecule has 0 bridgehead atoms. The first-order valence-electron chi connectivity index (χ1n) is 18.7. The van der Waals surface area contributed by atoms with Crippen LogP contribution in [0.4, 0.5) is 0 Å². The number of hydrogen-bond donors (Lipinski definition) is 0. The third-order valence-corrected chi connectivity index (χ3v) is 12.9. The fourth-order valence-electron chi connectivity index (χ4n) is 7.92. The van der Waals surface area contributed by atoms with Crippen molar-refractivity contribution in [2.24, 2.45) is 0 Å². The predicted molar refractivity (Wildman–Crippen MR) is 236 cm³/mol. The highest BCUT2D eigenvalue weighted by Gasteiger charge is 2.22. The molecule has 12 rings (SSSR count). The fourth-order valence-corrected chi connectivity index (χ4v) is 10.2. The van der Waals surface area contributed by atoms with Crippen LogP contribution in [-0.4, -0.2) is 24.9 Å². The SMILES string of the molecule is c1ccc(-c2nc(-c3ccc4sc5cccc(-c6nc(-c7ccccc7)c7oc8ccccc8c7n6)c5c4c3)nc(-c3cccc4c3sc3ccccc34)n2)cc1. The molecule has 0 aliphatic heterocycles. The molecule has 0 unspecified atom stereocenters. The van der Waals surface area contributed by atoms with E-state index in [9.17, 15) is 0 Å². The number of rotatable bonds is 5. The summed E-state index contributed by atoms with van der Waals surface area (Å²) in [6, 6.07) is 56.3. The van der Waals surface area contributed by atoms with Gasteiger partial charge < -0.3 is 4.42 Å². The van der Waals surface area contributed by atoms with Crippen molar-refractivity contribution in [3.05, 3.63) is 164 Å². The molecule has 0 saturated heterocycles. The topological polar surface area (TPSA) is 77.6 Å². The summed E-state index contributed by atoms with van der Waals surface area (Å²) in [7, 11) is 0. The number of nitrogens with zero attached hydrogens (tertiary/aromatic N) is 5. The zero-order chi connectivity index (χ0) is 37.5. The van der Waals surface area contributed by atoms with E-state index in [0.717, 1.165) is 74.9 Å². The maximum absolute atomic E-state index is 6.42. The fraction of sp³-hybridized carbons (Fsp3) is 0. The van der Waals surface area contributed by atoms with Crippen molar-refractivity contribution in [2.75, 3.05) is 0 Å². The lowest BCUT2D eigenvalue weighted by Crippen LogP contribution is -2.00. The van der Waals surface area contributed by atoms with Gasteiger partial charge in [0.25, 0.3) is 0 Å². The third-order valence-electron chi connectivity index (χ3n) is 10.6. The Bertz CT molecular complexity index is 3540. The second-order valence-electron chi connectivity index (χ2n) is 14.0. The standard InChI is InChI=1S/C49H27N5OS2/c1-3-13-28(14-4-1)42-44-43(33-18-7-9-22-37(33)55-44)51-48(50-42)34-20-12-24-40-41(34)36-27-30(25-26-39(36)56-40)47-52-46(29-15-5-2-6-16-29)53-49(54-47)35-21-11-19-32-31-17-8-10-23-38(31)57-45(32)35/h1-27H. The number of thiophene rings is 2. The maximum atomic E-state index is 6.42. The van der Waals surface area contributed by atoms with Crippen molar-refractivity contribution in [1.82, 2.24) is 24.9 Å². The number of hydrogen-bond acceptors (Lipinski definition) is 8. The Morgan fingerprint density at radius 2 is 1.02 bits per heavy atom. The van der Waals surface area contributed by atoms with Crippen molar-refractivity contribution in [3.63, 3.8) is 0 Å². The Morgan fingerprint density at radius 1 is 0.386 bits per heavy atom. The summed E-state index contributed by atoms with van der Waals surface area (Å²) in [5.41, 5.74) is 7.80. The van der Waals surface area contributed by atoms with Crippen LogP contribution in [0, 0.1) is 0 Å². The summed E-state index contributed by atoms with van der Waals surface area (Å²) in [6.45, 7) is 0. The zero-order valence-corrected chi connectivity index (χ0v) is 31.7. The molecule has 0 amide bonds. The van der Waals surface area contributed by atoms with Gasteiger partial charge in [0.2, 0.25) is 0 Å². The molecule has 8 heteroatoms. The summed E-state index contributed by atoms with van der Waals surface area (Å²) >= 11 is 3.54. The number of aromatic nitrogens is 5. The van der Waals surface area contributed by atoms with Crippen LogP contribution in [0.5, 0.6) is 0 Å². The first-order chi connectivity index (χ1) is 28.2. The molecule has 57 heavy (non-hydrogen) atoms. The van der Waals surface area contributed by atoms with Gasteiger partial charge >= 0.3 is 0 Å². The van der Waals surface area contributed by atoms with Gasteiger partial charge in [0.05, 0.1) is 0 Å². The summed E-state index contributed by atoms with van der Waals surface area (Å²) in [5.74, 6) is 2.54. The Labute approximate surface area is 333 Å². The molecule has 0 aliphatic carbocycles. The van der Waals surface area contributed by atoms with Gasteiger partial charge in [-0.2, -0.15) is 0 Å². The molecule has 266 valence electrons. The van der Waals surface area contributed by atoms with E-state index in [0.29, 0.717) is 28.9 Å². The minimum atomic E-state index is 0.615. The second kappa shape index (κ2) is 12.7. The minimum Gasteiger partial charge on any atom is -0.452 e. The van der Waals surface area contributed by atoms with Crippen LogP contribution in [0.25, 0.3) is 119 Å².